The van der Waals surface area contributed by atoms with Crippen LogP contribution < -0.4 is 0 Å². The second kappa shape index (κ2) is 15.9. The van der Waals surface area contributed by atoms with E-state index in [0.717, 1.165) is 50.0 Å². The first-order chi connectivity index (χ1) is 18.5. The molecule has 0 spiro atoms. The van der Waals surface area contributed by atoms with E-state index in [1.165, 1.54) is 74.1 Å². The van der Waals surface area contributed by atoms with E-state index < -0.39 is 5.41 Å². The highest BCUT2D eigenvalue weighted by Gasteiger charge is 2.41. The lowest BCUT2D eigenvalue weighted by atomic mass is 9.64. The van der Waals surface area contributed by atoms with Crippen molar-refractivity contribution in [1.29, 1.82) is 0 Å². The highest BCUT2D eigenvalue weighted by molar-refractivity contribution is 6.01. The fraction of sp³-hybridized carbons (Fsp3) is 0.750. The first-order valence-electron chi connectivity index (χ1n) is 16.2. The number of carbonyl (C=O) groups is 3. The van der Waals surface area contributed by atoms with Gasteiger partial charge in [-0.3, -0.25) is 14.4 Å². The minimum Gasteiger partial charge on any atom is -0.300 e. The number of rotatable bonds is 12. The number of fused-ring (bicyclic) bond motifs is 1. The fourth-order valence-corrected chi connectivity index (χ4v) is 7.26. The third-order valence-electron chi connectivity index (χ3n) is 9.75. The van der Waals surface area contributed by atoms with Gasteiger partial charge in [-0.05, 0) is 99.3 Å². The summed E-state index contributed by atoms with van der Waals surface area (Å²) in [5, 5.41) is 0. The maximum atomic E-state index is 13.6. The zero-order valence-electron chi connectivity index (χ0n) is 26.6. The minimum absolute atomic E-state index is 0.0267. The highest BCUT2D eigenvalue weighted by Crippen LogP contribution is 2.43. The molecule has 3 rings (SSSR count). The van der Waals surface area contributed by atoms with Gasteiger partial charge in [0.25, 0.3) is 0 Å². The molecule has 0 aromatic heterocycles. The maximum Gasteiger partial charge on any atom is 0.163 e. The van der Waals surface area contributed by atoms with E-state index in [2.05, 4.69) is 54.5 Å². The van der Waals surface area contributed by atoms with Crippen LogP contribution in [0.1, 0.15) is 158 Å². The summed E-state index contributed by atoms with van der Waals surface area (Å²) in [5.41, 5.74) is 5.61. The molecule has 3 heteroatoms. The van der Waals surface area contributed by atoms with Crippen LogP contribution in [-0.2, 0) is 22.4 Å². The van der Waals surface area contributed by atoms with Crippen LogP contribution in [0.15, 0.2) is 6.07 Å². The van der Waals surface area contributed by atoms with Crippen LogP contribution >= 0.6 is 0 Å². The number of Topliss-reactive ketones (excluding diaryl/α,β-unsaturated/α-hetero) is 3. The summed E-state index contributed by atoms with van der Waals surface area (Å²) in [6.07, 6.45) is 15.6. The van der Waals surface area contributed by atoms with Gasteiger partial charge < -0.3 is 0 Å². The maximum absolute atomic E-state index is 13.6. The molecule has 220 valence electrons. The molecule has 3 atom stereocenters. The third-order valence-corrected chi connectivity index (χ3v) is 9.75. The topological polar surface area (TPSA) is 51.2 Å². The van der Waals surface area contributed by atoms with E-state index in [1.807, 2.05) is 0 Å². The lowest BCUT2D eigenvalue weighted by Gasteiger charge is -2.39. The highest BCUT2D eigenvalue weighted by atomic mass is 16.1. The molecule has 0 saturated heterocycles. The van der Waals surface area contributed by atoms with Crippen molar-refractivity contribution in [3.8, 4) is 0 Å². The minimum atomic E-state index is -0.501. The van der Waals surface area contributed by atoms with Crippen LogP contribution in [-0.4, -0.2) is 17.3 Å². The van der Waals surface area contributed by atoms with Gasteiger partial charge in [-0.15, -0.1) is 0 Å². The Kier molecular flexibility index (Phi) is 13.6. The molecule has 0 heterocycles. The van der Waals surface area contributed by atoms with Crippen molar-refractivity contribution >= 4 is 17.3 Å². The van der Waals surface area contributed by atoms with Crippen LogP contribution in [0, 0.1) is 37.0 Å². The zero-order chi connectivity index (χ0) is 29.2. The van der Waals surface area contributed by atoms with Gasteiger partial charge in [0.05, 0.1) is 6.42 Å². The largest absolute Gasteiger partial charge is 0.300 e. The number of aryl methyl sites for hydroxylation is 2. The van der Waals surface area contributed by atoms with Gasteiger partial charge in [0.1, 0.15) is 11.6 Å². The Hall–Kier alpha value is -1.77. The molecule has 3 unspecified atom stereocenters. The summed E-state index contributed by atoms with van der Waals surface area (Å²) < 4.78 is 0. The average molecular weight is 539 g/mol. The number of ketones is 3. The van der Waals surface area contributed by atoms with Gasteiger partial charge in [0.2, 0.25) is 0 Å². The normalized spacial score (nSPS) is 19.9. The lowest BCUT2D eigenvalue weighted by Crippen LogP contribution is -2.38. The van der Waals surface area contributed by atoms with E-state index in [4.69, 9.17) is 0 Å². The Bertz CT molecular complexity index is 968. The molecule has 0 aliphatic heterocycles. The van der Waals surface area contributed by atoms with Crippen molar-refractivity contribution in [2.75, 3.05) is 0 Å². The Morgan fingerprint density at radius 3 is 2.21 bits per heavy atom. The summed E-state index contributed by atoms with van der Waals surface area (Å²) in [7, 11) is 0. The summed E-state index contributed by atoms with van der Waals surface area (Å²) >= 11 is 0. The molecule has 0 amide bonds. The number of hydrogen-bond donors (Lipinski definition) is 0. The first kappa shape index (κ1) is 33.4. The molecule has 1 aromatic carbocycles. The summed E-state index contributed by atoms with van der Waals surface area (Å²) in [6.45, 7) is 16.4. The molecule has 1 fully saturated rings. The van der Waals surface area contributed by atoms with E-state index >= 15 is 0 Å². The Labute approximate surface area is 240 Å². The second-order valence-electron chi connectivity index (χ2n) is 13.1. The van der Waals surface area contributed by atoms with Crippen molar-refractivity contribution in [3.05, 3.63) is 33.9 Å². The average Bonchev–Trinajstić information content (AvgIpc) is 2.89. The van der Waals surface area contributed by atoms with Crippen molar-refractivity contribution in [3.63, 3.8) is 0 Å². The molecular weight excluding hydrogens is 480 g/mol. The lowest BCUT2D eigenvalue weighted by molar-refractivity contribution is -0.135. The summed E-state index contributed by atoms with van der Waals surface area (Å²) in [5.74, 6) is 1.64. The van der Waals surface area contributed by atoms with Crippen molar-refractivity contribution in [2.45, 2.75) is 152 Å². The molecule has 0 N–H and O–H groups in total. The standard InChI is InChI=1S/C33H50O3.C3H8/c1-7-12-28(33(6,8-2)31(36)18-23(4)34)19-26-20-29-22(3)17-27(24(5)32(29)30(35)21-26)16-15-25-13-10-9-11-14-25;1-3-2/h17,25-26,28H,7-16,18-21H2,1-6H3;3H2,1-2H3. The molecule has 2 aliphatic carbocycles. The smallest absolute Gasteiger partial charge is 0.163 e. The van der Waals surface area contributed by atoms with E-state index in [1.54, 1.807) is 0 Å². The van der Waals surface area contributed by atoms with Crippen LogP contribution in [0.5, 0.6) is 0 Å². The van der Waals surface area contributed by atoms with Gasteiger partial charge in [0, 0.05) is 17.4 Å². The van der Waals surface area contributed by atoms with Crippen LogP contribution in [0.25, 0.3) is 0 Å². The zero-order valence-corrected chi connectivity index (χ0v) is 26.6. The summed E-state index contributed by atoms with van der Waals surface area (Å²) in [6, 6.07) is 2.36. The van der Waals surface area contributed by atoms with Gasteiger partial charge in [-0.2, -0.15) is 0 Å². The van der Waals surface area contributed by atoms with Gasteiger partial charge in [-0.1, -0.05) is 85.6 Å². The van der Waals surface area contributed by atoms with Crippen LogP contribution in [0.3, 0.4) is 0 Å². The Morgan fingerprint density at radius 1 is 1.00 bits per heavy atom. The third kappa shape index (κ3) is 8.86. The molecule has 3 nitrogen and oxygen atoms in total. The number of benzene rings is 1. The van der Waals surface area contributed by atoms with Crippen molar-refractivity contribution in [2.24, 2.45) is 23.2 Å². The van der Waals surface area contributed by atoms with Crippen LogP contribution in [0.4, 0.5) is 0 Å². The quantitative estimate of drug-likeness (QED) is 0.249. The van der Waals surface area contributed by atoms with Crippen molar-refractivity contribution < 1.29 is 14.4 Å². The molecule has 1 aromatic rings. The molecule has 2 aliphatic rings. The summed E-state index contributed by atoms with van der Waals surface area (Å²) in [4.78, 5) is 38.4. The Morgan fingerprint density at radius 2 is 1.64 bits per heavy atom. The van der Waals surface area contributed by atoms with Gasteiger partial charge >= 0.3 is 0 Å². The molecule has 39 heavy (non-hydrogen) atoms. The SMILES string of the molecule is CCC.CCCC(CC1CC(=O)c2c(C)c(CCC3CCCCC3)cc(C)c2C1)C(C)(CC)C(=O)CC(C)=O. The first-order valence-corrected chi connectivity index (χ1v) is 16.2. The molecule has 0 radical (unpaired) electrons. The Balaban J connectivity index is 0.00000170. The molecular formula is C36H58O3. The fourth-order valence-electron chi connectivity index (χ4n) is 7.26. The van der Waals surface area contributed by atoms with E-state index in [0.29, 0.717) is 12.2 Å². The predicted octanol–water partition coefficient (Wildman–Crippen LogP) is 9.75. The second-order valence-corrected chi connectivity index (χ2v) is 13.1. The monoisotopic (exact) mass is 538 g/mol. The predicted molar refractivity (Wildman–Crippen MR) is 165 cm³/mol. The van der Waals surface area contributed by atoms with Crippen LogP contribution in [0.2, 0.25) is 0 Å². The van der Waals surface area contributed by atoms with E-state index in [-0.39, 0.29) is 29.8 Å². The van der Waals surface area contributed by atoms with E-state index in [9.17, 15) is 14.4 Å². The molecule has 1 saturated carbocycles. The van der Waals surface area contributed by atoms with Gasteiger partial charge in [-0.25, -0.2) is 0 Å². The molecule has 0 bridgehead atoms. The number of carbonyl (C=O) groups excluding carboxylic acids is 3. The van der Waals surface area contributed by atoms with Gasteiger partial charge in [0.15, 0.2) is 5.78 Å². The number of hydrogen-bond acceptors (Lipinski definition) is 3. The van der Waals surface area contributed by atoms with Crippen molar-refractivity contribution in [1.82, 2.24) is 0 Å².